The van der Waals surface area contributed by atoms with Crippen LogP contribution in [0.25, 0.3) is 0 Å². The fourth-order valence-corrected chi connectivity index (χ4v) is 3.11. The summed E-state index contributed by atoms with van der Waals surface area (Å²) in [6, 6.07) is 3.70. The van der Waals surface area contributed by atoms with Gasteiger partial charge in [-0.15, -0.1) is 0 Å². The molecule has 0 atom stereocenters. The minimum Gasteiger partial charge on any atom is -0.491 e. The van der Waals surface area contributed by atoms with Gasteiger partial charge in [0, 0.05) is 31.4 Å². The van der Waals surface area contributed by atoms with Crippen LogP contribution in [-0.4, -0.2) is 60.3 Å². The van der Waals surface area contributed by atoms with Gasteiger partial charge in [-0.3, -0.25) is 0 Å². The van der Waals surface area contributed by atoms with Gasteiger partial charge in [-0.25, -0.2) is 9.97 Å². The number of aryl methyl sites for hydroxylation is 1. The Balaban J connectivity index is 1.62. The van der Waals surface area contributed by atoms with Crippen LogP contribution in [0.3, 0.4) is 0 Å². The minimum absolute atomic E-state index is 0.560. The Bertz CT molecular complexity index is 749. The monoisotopic (exact) mass is 372 g/mol. The molecule has 0 radical (unpaired) electrons. The van der Waals surface area contributed by atoms with E-state index < -0.39 is 0 Å². The number of hydrogen-bond donors (Lipinski definition) is 2. The number of aromatic nitrogens is 3. The molecule has 1 saturated heterocycles. The van der Waals surface area contributed by atoms with Gasteiger partial charge in [0.25, 0.3) is 0 Å². The third kappa shape index (κ3) is 5.43. The highest BCUT2D eigenvalue weighted by Crippen LogP contribution is 2.29. The molecule has 1 fully saturated rings. The first-order valence-electron chi connectivity index (χ1n) is 9.37. The molecule has 27 heavy (non-hydrogen) atoms. The van der Waals surface area contributed by atoms with E-state index in [0.29, 0.717) is 35.7 Å². The number of likely N-dealkylation sites (tertiary alicyclic amines) is 1. The van der Waals surface area contributed by atoms with Crippen LogP contribution in [-0.2, 0) is 0 Å². The van der Waals surface area contributed by atoms with E-state index in [1.54, 1.807) is 20.4 Å². The van der Waals surface area contributed by atoms with Crippen LogP contribution in [0.15, 0.2) is 18.3 Å². The van der Waals surface area contributed by atoms with Gasteiger partial charge in [-0.2, -0.15) is 4.98 Å². The highest BCUT2D eigenvalue weighted by Gasteiger charge is 2.12. The Hall–Kier alpha value is -2.61. The molecule has 2 aromatic heterocycles. The number of hydrogen-bond acceptors (Lipinski definition) is 8. The Kier molecular flexibility index (Phi) is 6.64. The molecule has 1 aliphatic heterocycles. The summed E-state index contributed by atoms with van der Waals surface area (Å²) in [5.41, 5.74) is 0.865. The molecule has 0 saturated carbocycles. The average molecular weight is 372 g/mol. The summed E-state index contributed by atoms with van der Waals surface area (Å²) in [5, 5.41) is 6.15. The van der Waals surface area contributed by atoms with E-state index in [2.05, 4.69) is 30.5 Å². The second-order valence-electron chi connectivity index (χ2n) is 6.56. The van der Waals surface area contributed by atoms with Crippen LogP contribution in [0.2, 0.25) is 0 Å². The molecule has 0 aliphatic carbocycles. The molecule has 0 aromatic carbocycles. The Morgan fingerprint density at radius 3 is 2.67 bits per heavy atom. The van der Waals surface area contributed by atoms with Gasteiger partial charge in [0.2, 0.25) is 5.95 Å². The molecule has 146 valence electrons. The van der Waals surface area contributed by atoms with E-state index >= 15 is 0 Å². The Labute approximate surface area is 160 Å². The molecule has 0 bridgehead atoms. The van der Waals surface area contributed by atoms with Gasteiger partial charge < -0.3 is 25.0 Å². The van der Waals surface area contributed by atoms with Crippen LogP contribution >= 0.6 is 0 Å². The lowest BCUT2D eigenvalue weighted by Crippen LogP contribution is -2.22. The van der Waals surface area contributed by atoms with Crippen molar-refractivity contribution >= 4 is 17.6 Å². The van der Waals surface area contributed by atoms with E-state index in [4.69, 9.17) is 9.47 Å². The maximum atomic E-state index is 5.96. The first-order valence-corrected chi connectivity index (χ1v) is 9.37. The van der Waals surface area contributed by atoms with Crippen molar-refractivity contribution in [2.75, 3.05) is 51.0 Å². The molecule has 2 aromatic rings. The SMILES string of the molecule is CNc1nc(C)cc(Nc2cc(OCCCN3CCCC3)c(OC)cn2)n1. The van der Waals surface area contributed by atoms with Crippen molar-refractivity contribution in [2.45, 2.75) is 26.2 Å². The summed E-state index contributed by atoms with van der Waals surface area (Å²) < 4.78 is 11.3. The Morgan fingerprint density at radius 1 is 1.11 bits per heavy atom. The standard InChI is InChI=1S/C19H28N6O2/c1-14-11-18(24-19(20-2)22-14)23-17-12-15(16(26-3)13-21-17)27-10-6-9-25-7-4-5-8-25/h11-13H,4-10H2,1-3H3,(H2,20,21,22,23,24). The second kappa shape index (κ2) is 9.36. The molecule has 2 N–H and O–H groups in total. The minimum atomic E-state index is 0.560. The van der Waals surface area contributed by atoms with Gasteiger partial charge in [0.05, 0.1) is 19.9 Å². The fraction of sp³-hybridized carbons (Fsp3) is 0.526. The molecule has 0 amide bonds. The molecular weight excluding hydrogens is 344 g/mol. The van der Waals surface area contributed by atoms with E-state index in [9.17, 15) is 0 Å². The third-order valence-electron chi connectivity index (χ3n) is 4.46. The molecule has 3 heterocycles. The van der Waals surface area contributed by atoms with E-state index in [1.165, 1.54) is 25.9 Å². The maximum Gasteiger partial charge on any atom is 0.224 e. The number of anilines is 3. The summed E-state index contributed by atoms with van der Waals surface area (Å²) in [5.74, 6) is 3.17. The highest BCUT2D eigenvalue weighted by molar-refractivity contribution is 5.57. The van der Waals surface area contributed by atoms with Gasteiger partial charge in [-0.1, -0.05) is 0 Å². The molecule has 8 heteroatoms. The van der Waals surface area contributed by atoms with Crippen LogP contribution in [0.5, 0.6) is 11.5 Å². The number of ether oxygens (including phenoxy) is 2. The predicted molar refractivity (Wildman–Crippen MR) is 106 cm³/mol. The van der Waals surface area contributed by atoms with E-state index in [1.807, 2.05) is 19.1 Å². The molecule has 0 unspecified atom stereocenters. The molecule has 3 rings (SSSR count). The number of methoxy groups -OCH3 is 1. The van der Waals surface area contributed by atoms with Crippen LogP contribution < -0.4 is 20.1 Å². The largest absolute Gasteiger partial charge is 0.491 e. The Morgan fingerprint density at radius 2 is 1.93 bits per heavy atom. The summed E-state index contributed by atoms with van der Waals surface area (Å²) in [6.07, 6.45) is 5.27. The first-order chi connectivity index (χ1) is 13.2. The first kappa shape index (κ1) is 19.2. The maximum absolute atomic E-state index is 5.96. The van der Waals surface area contributed by atoms with Crippen molar-refractivity contribution in [1.82, 2.24) is 19.9 Å². The zero-order valence-electron chi connectivity index (χ0n) is 16.3. The van der Waals surface area contributed by atoms with Crippen LogP contribution in [0.1, 0.15) is 25.0 Å². The van der Waals surface area contributed by atoms with Crippen molar-refractivity contribution in [2.24, 2.45) is 0 Å². The number of nitrogens with zero attached hydrogens (tertiary/aromatic N) is 4. The topological polar surface area (TPSA) is 84.4 Å². The summed E-state index contributed by atoms with van der Waals surface area (Å²) >= 11 is 0. The lowest BCUT2D eigenvalue weighted by atomic mass is 10.3. The average Bonchev–Trinajstić information content (AvgIpc) is 3.18. The highest BCUT2D eigenvalue weighted by atomic mass is 16.5. The van der Waals surface area contributed by atoms with Gasteiger partial charge in [0.15, 0.2) is 11.5 Å². The van der Waals surface area contributed by atoms with Crippen molar-refractivity contribution < 1.29 is 9.47 Å². The van der Waals surface area contributed by atoms with Crippen molar-refractivity contribution in [1.29, 1.82) is 0 Å². The molecule has 0 spiro atoms. The summed E-state index contributed by atoms with van der Waals surface area (Å²) in [7, 11) is 3.41. The van der Waals surface area contributed by atoms with Gasteiger partial charge in [0.1, 0.15) is 11.6 Å². The second-order valence-corrected chi connectivity index (χ2v) is 6.56. The normalized spacial score (nSPS) is 14.2. The quantitative estimate of drug-likeness (QED) is 0.650. The lowest BCUT2D eigenvalue weighted by Gasteiger charge is -2.16. The van der Waals surface area contributed by atoms with Crippen molar-refractivity contribution in [3.8, 4) is 11.5 Å². The molecular formula is C19H28N6O2. The third-order valence-corrected chi connectivity index (χ3v) is 4.46. The summed E-state index contributed by atoms with van der Waals surface area (Å²) in [4.78, 5) is 15.5. The summed E-state index contributed by atoms with van der Waals surface area (Å²) in [6.45, 7) is 6.06. The van der Waals surface area contributed by atoms with Crippen LogP contribution in [0, 0.1) is 6.92 Å². The number of nitrogens with one attached hydrogen (secondary N) is 2. The van der Waals surface area contributed by atoms with Gasteiger partial charge >= 0.3 is 0 Å². The van der Waals surface area contributed by atoms with Gasteiger partial charge in [-0.05, 0) is 39.3 Å². The molecule has 1 aliphatic rings. The predicted octanol–water partition coefficient (Wildman–Crippen LogP) is 2.84. The van der Waals surface area contributed by atoms with Crippen molar-refractivity contribution in [3.05, 3.63) is 24.0 Å². The zero-order chi connectivity index (χ0) is 19.1. The van der Waals surface area contributed by atoms with E-state index in [-0.39, 0.29) is 0 Å². The van der Waals surface area contributed by atoms with Crippen LogP contribution in [0.4, 0.5) is 17.6 Å². The zero-order valence-corrected chi connectivity index (χ0v) is 16.3. The lowest BCUT2D eigenvalue weighted by molar-refractivity contribution is 0.254. The number of pyridine rings is 1. The van der Waals surface area contributed by atoms with Crippen molar-refractivity contribution in [3.63, 3.8) is 0 Å². The van der Waals surface area contributed by atoms with E-state index in [0.717, 1.165) is 18.7 Å². The molecule has 8 nitrogen and oxygen atoms in total. The number of rotatable bonds is 9. The fourth-order valence-electron chi connectivity index (χ4n) is 3.11. The smallest absolute Gasteiger partial charge is 0.224 e.